The van der Waals surface area contributed by atoms with E-state index in [1.54, 1.807) is 12.1 Å². The Balaban J connectivity index is 2.39. The first kappa shape index (κ1) is 13.9. The van der Waals surface area contributed by atoms with E-state index >= 15 is 0 Å². The molecule has 0 atom stereocenters. The van der Waals surface area contributed by atoms with Crippen LogP contribution in [0.15, 0.2) is 24.3 Å². The van der Waals surface area contributed by atoms with Gasteiger partial charge in [-0.25, -0.2) is 13.8 Å². The summed E-state index contributed by atoms with van der Waals surface area (Å²) in [6.07, 6.45) is -2.45. The number of halogens is 2. The minimum atomic E-state index is -2.45. The average Bonchev–Trinajstić information content (AvgIpc) is 2.71. The van der Waals surface area contributed by atoms with Gasteiger partial charge in [0.05, 0.1) is 0 Å². The van der Waals surface area contributed by atoms with E-state index in [2.05, 4.69) is 25.8 Å². The molecule has 2 rings (SSSR count). The molecule has 0 spiro atoms. The van der Waals surface area contributed by atoms with E-state index in [9.17, 15) is 8.78 Å². The van der Waals surface area contributed by atoms with Gasteiger partial charge >= 0.3 is 0 Å². The second-order valence-corrected chi connectivity index (χ2v) is 6.44. The molecule has 0 fully saturated rings. The highest BCUT2D eigenvalue weighted by molar-refractivity contribution is 7.16. The first-order valence-electron chi connectivity index (χ1n) is 5.94. The molecule has 0 aliphatic heterocycles. The molecule has 102 valence electrons. The van der Waals surface area contributed by atoms with Crippen LogP contribution in [-0.2, 0) is 5.41 Å². The molecule has 19 heavy (non-hydrogen) atoms. The molecule has 0 aliphatic rings. The molecule has 2 nitrogen and oxygen atoms in total. The second-order valence-electron chi connectivity index (χ2n) is 5.40. The molecule has 0 saturated carbocycles. The van der Waals surface area contributed by atoms with Crippen LogP contribution in [0.3, 0.4) is 0 Å². The van der Waals surface area contributed by atoms with Gasteiger partial charge in [0.1, 0.15) is 15.7 Å². The van der Waals surface area contributed by atoms with Crippen LogP contribution >= 0.6 is 11.3 Å². The summed E-state index contributed by atoms with van der Waals surface area (Å²) in [7, 11) is 0. The molecule has 5 heteroatoms. The maximum absolute atomic E-state index is 12.5. The summed E-state index contributed by atoms with van der Waals surface area (Å²) < 4.78 is 25.0. The third-order valence-electron chi connectivity index (χ3n) is 2.73. The van der Waals surface area contributed by atoms with Crippen LogP contribution in [-0.4, -0.2) is 4.98 Å². The molecule has 0 amide bonds. The molecule has 0 bridgehead atoms. The van der Waals surface area contributed by atoms with Crippen molar-refractivity contribution >= 4 is 16.3 Å². The predicted octanol–water partition coefficient (Wildman–Crippen LogP) is 4.63. The Morgan fingerprint density at radius 2 is 1.74 bits per heavy atom. The normalized spacial score (nSPS) is 12.1. The highest BCUT2D eigenvalue weighted by atomic mass is 32.1. The quantitative estimate of drug-likeness (QED) is 0.872. The summed E-state index contributed by atoms with van der Waals surface area (Å²) in [6.45, 7) is 6.19. The highest BCUT2D eigenvalue weighted by Gasteiger charge is 2.21. The van der Waals surface area contributed by atoms with Crippen molar-refractivity contribution in [1.82, 2.24) is 4.98 Å². The molecule has 1 heterocycles. The molecule has 0 unspecified atom stereocenters. The standard InChI is InChI=1S/C14H16F2N2S/c1-14(2,3)13-18-10(12(17)19-13)8-4-6-9(7-5-8)11(15)16/h4-7,11H,17H2,1-3H3. The van der Waals surface area contributed by atoms with E-state index < -0.39 is 6.43 Å². The lowest BCUT2D eigenvalue weighted by atomic mass is 9.98. The largest absolute Gasteiger partial charge is 0.389 e. The van der Waals surface area contributed by atoms with Gasteiger partial charge in [-0.2, -0.15) is 0 Å². The summed E-state index contributed by atoms with van der Waals surface area (Å²) in [5.74, 6) is 0. The molecule has 1 aromatic heterocycles. The predicted molar refractivity (Wildman–Crippen MR) is 75.6 cm³/mol. The number of benzene rings is 1. The monoisotopic (exact) mass is 282 g/mol. The summed E-state index contributed by atoms with van der Waals surface area (Å²) in [6, 6.07) is 6.10. The Morgan fingerprint density at radius 3 is 2.16 bits per heavy atom. The fraction of sp³-hybridized carbons (Fsp3) is 0.357. The lowest BCUT2D eigenvalue weighted by molar-refractivity contribution is 0.151. The van der Waals surface area contributed by atoms with E-state index in [1.165, 1.54) is 23.5 Å². The first-order valence-corrected chi connectivity index (χ1v) is 6.76. The maximum Gasteiger partial charge on any atom is 0.263 e. The van der Waals surface area contributed by atoms with Crippen LogP contribution in [0.5, 0.6) is 0 Å². The molecule has 2 aromatic rings. The number of thiazole rings is 1. The second kappa shape index (κ2) is 4.89. The van der Waals surface area contributed by atoms with E-state index in [0.717, 1.165) is 10.6 Å². The smallest absolute Gasteiger partial charge is 0.263 e. The van der Waals surface area contributed by atoms with Crippen LogP contribution in [0.1, 0.15) is 37.8 Å². The van der Waals surface area contributed by atoms with Crippen LogP contribution in [0.2, 0.25) is 0 Å². The third kappa shape index (κ3) is 2.92. The number of hydrogen-bond donors (Lipinski definition) is 1. The Hall–Kier alpha value is -1.49. The van der Waals surface area contributed by atoms with Gasteiger partial charge in [-0.1, -0.05) is 45.0 Å². The fourth-order valence-corrected chi connectivity index (χ4v) is 2.56. The molecule has 0 radical (unpaired) electrons. The molecule has 0 aliphatic carbocycles. The van der Waals surface area contributed by atoms with Gasteiger partial charge in [-0.15, -0.1) is 11.3 Å². The number of hydrogen-bond acceptors (Lipinski definition) is 3. The summed E-state index contributed by atoms with van der Waals surface area (Å²) in [5, 5.41) is 1.56. The lowest BCUT2D eigenvalue weighted by Gasteiger charge is -2.13. The maximum atomic E-state index is 12.5. The summed E-state index contributed by atoms with van der Waals surface area (Å²) in [4.78, 5) is 4.53. The number of nitrogens with two attached hydrogens (primary N) is 1. The van der Waals surface area contributed by atoms with Crippen molar-refractivity contribution in [2.45, 2.75) is 32.6 Å². The van der Waals surface area contributed by atoms with Crippen molar-refractivity contribution < 1.29 is 8.78 Å². The topological polar surface area (TPSA) is 38.9 Å². The minimum Gasteiger partial charge on any atom is -0.389 e. The Morgan fingerprint density at radius 1 is 1.16 bits per heavy atom. The zero-order valence-electron chi connectivity index (χ0n) is 11.1. The van der Waals surface area contributed by atoms with Crippen molar-refractivity contribution in [3.8, 4) is 11.3 Å². The van der Waals surface area contributed by atoms with Crippen LogP contribution in [0, 0.1) is 0 Å². The number of aromatic nitrogens is 1. The van der Waals surface area contributed by atoms with Crippen molar-refractivity contribution in [3.05, 3.63) is 34.8 Å². The van der Waals surface area contributed by atoms with E-state index in [0.29, 0.717) is 10.7 Å². The average molecular weight is 282 g/mol. The van der Waals surface area contributed by atoms with Gasteiger partial charge in [0.15, 0.2) is 0 Å². The number of anilines is 1. The zero-order chi connectivity index (χ0) is 14.2. The fourth-order valence-electron chi connectivity index (χ4n) is 1.65. The zero-order valence-corrected chi connectivity index (χ0v) is 11.9. The van der Waals surface area contributed by atoms with E-state index in [1.807, 2.05) is 0 Å². The Kier molecular flexibility index (Phi) is 3.58. The summed E-state index contributed by atoms with van der Waals surface area (Å²) in [5.41, 5.74) is 7.36. The molecule has 0 saturated heterocycles. The van der Waals surface area contributed by atoms with Crippen LogP contribution < -0.4 is 5.73 Å². The molecule has 2 N–H and O–H groups in total. The third-order valence-corrected chi connectivity index (χ3v) is 4.04. The SMILES string of the molecule is CC(C)(C)c1nc(-c2ccc(C(F)F)cc2)c(N)s1. The van der Waals surface area contributed by atoms with E-state index in [4.69, 9.17) is 5.73 Å². The van der Waals surface area contributed by atoms with Gasteiger partial charge < -0.3 is 5.73 Å². The van der Waals surface area contributed by atoms with E-state index in [-0.39, 0.29) is 11.0 Å². The number of rotatable bonds is 2. The first-order chi connectivity index (χ1) is 8.79. The van der Waals surface area contributed by atoms with Gasteiger partial charge in [-0.05, 0) is 0 Å². The molecular weight excluding hydrogens is 266 g/mol. The molecular formula is C14H16F2N2S. The van der Waals surface area contributed by atoms with Gasteiger partial charge in [0.25, 0.3) is 6.43 Å². The van der Waals surface area contributed by atoms with Gasteiger partial charge in [0.2, 0.25) is 0 Å². The van der Waals surface area contributed by atoms with Crippen molar-refractivity contribution in [2.75, 3.05) is 5.73 Å². The highest BCUT2D eigenvalue weighted by Crippen LogP contribution is 2.36. The Labute approximate surface area is 115 Å². The number of nitrogen functional groups attached to an aromatic ring is 1. The van der Waals surface area contributed by atoms with Crippen LogP contribution in [0.25, 0.3) is 11.3 Å². The number of alkyl halides is 2. The van der Waals surface area contributed by atoms with Crippen molar-refractivity contribution in [1.29, 1.82) is 0 Å². The minimum absolute atomic E-state index is 0.00796. The number of nitrogens with zero attached hydrogens (tertiary/aromatic N) is 1. The van der Waals surface area contributed by atoms with Gasteiger partial charge in [0, 0.05) is 16.5 Å². The van der Waals surface area contributed by atoms with Crippen LogP contribution in [0.4, 0.5) is 13.8 Å². The van der Waals surface area contributed by atoms with Crippen molar-refractivity contribution in [3.63, 3.8) is 0 Å². The van der Waals surface area contributed by atoms with Gasteiger partial charge in [-0.3, -0.25) is 0 Å². The molecule has 1 aromatic carbocycles. The summed E-state index contributed by atoms with van der Waals surface area (Å²) >= 11 is 1.45. The Bertz CT molecular complexity index is 568. The lowest BCUT2D eigenvalue weighted by Crippen LogP contribution is -2.10. The van der Waals surface area contributed by atoms with Crippen molar-refractivity contribution in [2.24, 2.45) is 0 Å².